The number of carbonyl (C=O) groups is 1. The van der Waals surface area contributed by atoms with Crippen LogP contribution in [0.5, 0.6) is 0 Å². The first-order valence-electron chi connectivity index (χ1n) is 8.92. The van der Waals surface area contributed by atoms with E-state index < -0.39 is 12.0 Å². The monoisotopic (exact) mass is 399 g/mol. The van der Waals surface area contributed by atoms with Crippen molar-refractivity contribution in [3.8, 4) is 5.69 Å². The van der Waals surface area contributed by atoms with Crippen LogP contribution in [0.1, 0.15) is 23.6 Å². The Morgan fingerprint density at radius 2 is 1.89 bits per heavy atom. The minimum absolute atomic E-state index is 0.0191. The summed E-state index contributed by atoms with van der Waals surface area (Å²) in [6.45, 7) is 0. The van der Waals surface area contributed by atoms with Crippen molar-refractivity contribution in [1.82, 2.24) is 15.3 Å². The number of aromatic nitrogens is 2. The first-order chi connectivity index (χ1) is 13.6. The molecule has 3 aromatic rings. The van der Waals surface area contributed by atoms with Gasteiger partial charge < -0.3 is 4.74 Å². The normalized spacial score (nSPS) is 13.1. The molecular formula is C21H22ClN3O3. The van der Waals surface area contributed by atoms with Gasteiger partial charge in [-0.05, 0) is 42.3 Å². The van der Waals surface area contributed by atoms with Crippen LogP contribution in [0.4, 0.5) is 0 Å². The lowest BCUT2D eigenvalue weighted by atomic mass is 9.88. The Morgan fingerprint density at radius 3 is 2.54 bits per heavy atom. The number of carbonyl (C=O) groups excluding carboxylic acids is 1. The minimum Gasteiger partial charge on any atom is -0.380 e. The van der Waals surface area contributed by atoms with Gasteiger partial charge in [0.1, 0.15) is 0 Å². The number of amides is 1. The zero-order valence-electron chi connectivity index (χ0n) is 15.5. The predicted octanol–water partition coefficient (Wildman–Crippen LogP) is 3.76. The highest BCUT2D eigenvalue weighted by Crippen LogP contribution is 2.30. The van der Waals surface area contributed by atoms with Gasteiger partial charge in [0.25, 0.3) is 0 Å². The zero-order valence-corrected chi connectivity index (χ0v) is 16.2. The summed E-state index contributed by atoms with van der Waals surface area (Å²) in [6, 6.07) is 19.3. The van der Waals surface area contributed by atoms with Crippen LogP contribution < -0.4 is 5.48 Å². The van der Waals surface area contributed by atoms with Gasteiger partial charge in [-0.2, -0.15) is 5.10 Å². The predicted molar refractivity (Wildman–Crippen MR) is 107 cm³/mol. The number of hydroxylamine groups is 1. The molecule has 28 heavy (non-hydrogen) atoms. The summed E-state index contributed by atoms with van der Waals surface area (Å²) in [5, 5.41) is 14.1. The molecule has 2 atom stereocenters. The van der Waals surface area contributed by atoms with E-state index in [9.17, 15) is 4.79 Å². The molecule has 1 aromatic heterocycles. The Bertz CT molecular complexity index is 897. The molecule has 0 aliphatic heterocycles. The number of para-hydroxylation sites is 1. The highest BCUT2D eigenvalue weighted by molar-refractivity contribution is 6.30. The van der Waals surface area contributed by atoms with E-state index >= 15 is 0 Å². The fourth-order valence-corrected chi connectivity index (χ4v) is 3.42. The van der Waals surface area contributed by atoms with Crippen LogP contribution in [-0.2, 0) is 16.0 Å². The second-order valence-electron chi connectivity index (χ2n) is 6.45. The third kappa shape index (κ3) is 4.78. The van der Waals surface area contributed by atoms with Crippen molar-refractivity contribution >= 4 is 17.5 Å². The molecule has 0 fully saturated rings. The van der Waals surface area contributed by atoms with Crippen LogP contribution >= 0.6 is 11.6 Å². The molecule has 0 aliphatic rings. The number of benzene rings is 2. The first-order valence-corrected chi connectivity index (χ1v) is 9.29. The van der Waals surface area contributed by atoms with Crippen LogP contribution in [0.15, 0.2) is 66.9 Å². The number of nitrogens with one attached hydrogen (secondary N) is 1. The van der Waals surface area contributed by atoms with Crippen LogP contribution in [0.2, 0.25) is 5.02 Å². The summed E-state index contributed by atoms with van der Waals surface area (Å²) in [5.41, 5.74) is 4.58. The zero-order chi connectivity index (χ0) is 19.9. The first kappa shape index (κ1) is 20.1. The Morgan fingerprint density at radius 1 is 1.18 bits per heavy atom. The highest BCUT2D eigenvalue weighted by Gasteiger charge is 2.29. The number of halogens is 1. The molecule has 146 valence electrons. The van der Waals surface area contributed by atoms with E-state index in [1.165, 1.54) is 0 Å². The van der Waals surface area contributed by atoms with Crippen LogP contribution in [0, 0.1) is 0 Å². The number of hydrogen-bond acceptors (Lipinski definition) is 4. The summed E-state index contributed by atoms with van der Waals surface area (Å²) in [7, 11) is 1.56. The Hall–Kier alpha value is -2.67. The van der Waals surface area contributed by atoms with Gasteiger partial charge in [0.15, 0.2) is 0 Å². The molecule has 6 nitrogen and oxygen atoms in total. The molecule has 1 heterocycles. The van der Waals surface area contributed by atoms with Gasteiger partial charge in [0.05, 0.1) is 23.9 Å². The quantitative estimate of drug-likeness (QED) is 0.446. The molecule has 2 aromatic carbocycles. The second kappa shape index (κ2) is 9.50. The molecule has 1 unspecified atom stereocenters. The fourth-order valence-electron chi connectivity index (χ4n) is 3.30. The van der Waals surface area contributed by atoms with Gasteiger partial charge >= 0.3 is 0 Å². The maximum absolute atomic E-state index is 11.8. The summed E-state index contributed by atoms with van der Waals surface area (Å²) < 4.78 is 7.51. The van der Waals surface area contributed by atoms with Crippen LogP contribution in [0.25, 0.3) is 5.69 Å². The number of rotatable bonds is 8. The van der Waals surface area contributed by atoms with Gasteiger partial charge in [0.2, 0.25) is 5.91 Å². The third-order valence-electron chi connectivity index (χ3n) is 4.68. The summed E-state index contributed by atoms with van der Waals surface area (Å²) >= 11 is 6.01. The van der Waals surface area contributed by atoms with Crippen molar-refractivity contribution in [2.24, 2.45) is 0 Å². The van der Waals surface area contributed by atoms with Crippen molar-refractivity contribution < 1.29 is 14.7 Å². The van der Waals surface area contributed by atoms with E-state index in [1.807, 2.05) is 65.3 Å². The largest absolute Gasteiger partial charge is 0.380 e. The molecule has 3 rings (SSSR count). The number of hydrogen-bond donors (Lipinski definition) is 2. The summed E-state index contributed by atoms with van der Waals surface area (Å²) in [6.07, 6.45) is 1.91. The highest BCUT2D eigenvalue weighted by atomic mass is 35.5. The summed E-state index contributed by atoms with van der Waals surface area (Å²) in [4.78, 5) is 11.8. The van der Waals surface area contributed by atoms with Crippen LogP contribution in [-0.4, -0.2) is 34.1 Å². The molecule has 2 N–H and O–H groups in total. The number of methoxy groups -OCH3 is 1. The fraction of sp³-hybridized carbons (Fsp3) is 0.238. The van der Waals surface area contributed by atoms with E-state index in [4.69, 9.17) is 21.5 Å². The average molecular weight is 400 g/mol. The lowest BCUT2D eigenvalue weighted by molar-refractivity contribution is -0.132. The molecule has 0 aliphatic carbocycles. The number of nitrogens with zero attached hydrogens (tertiary/aromatic N) is 2. The smallest absolute Gasteiger partial charge is 0.245 e. The van der Waals surface area contributed by atoms with E-state index in [1.54, 1.807) is 18.8 Å². The topological polar surface area (TPSA) is 76.4 Å². The van der Waals surface area contributed by atoms with Crippen molar-refractivity contribution in [2.45, 2.75) is 24.9 Å². The maximum Gasteiger partial charge on any atom is 0.245 e. The SMILES string of the molecule is COC(CC(=O)NO)[C@H](Cc1ccc(Cl)cc1)c1ccnn1-c1ccccc1. The average Bonchev–Trinajstić information content (AvgIpc) is 3.22. The molecule has 1 amide bonds. The van der Waals surface area contributed by atoms with Crippen molar-refractivity contribution in [1.29, 1.82) is 0 Å². The molecule has 7 heteroatoms. The second-order valence-corrected chi connectivity index (χ2v) is 6.89. The molecule has 0 saturated carbocycles. The van der Waals surface area contributed by atoms with Crippen molar-refractivity contribution in [2.75, 3.05) is 7.11 Å². The molecule has 0 bridgehead atoms. The lowest BCUT2D eigenvalue weighted by Gasteiger charge is -2.26. The summed E-state index contributed by atoms with van der Waals surface area (Å²) in [5.74, 6) is -0.676. The van der Waals surface area contributed by atoms with Gasteiger partial charge in [-0.3, -0.25) is 10.0 Å². The van der Waals surface area contributed by atoms with Gasteiger partial charge in [0, 0.05) is 24.2 Å². The Labute approximate surface area is 168 Å². The van der Waals surface area contributed by atoms with E-state index in [-0.39, 0.29) is 12.3 Å². The Kier molecular flexibility index (Phi) is 6.81. The van der Waals surface area contributed by atoms with E-state index in [0.29, 0.717) is 11.4 Å². The van der Waals surface area contributed by atoms with E-state index in [0.717, 1.165) is 16.9 Å². The maximum atomic E-state index is 11.8. The molecule has 0 spiro atoms. The molecule has 0 radical (unpaired) electrons. The van der Waals surface area contributed by atoms with Crippen molar-refractivity contribution in [3.63, 3.8) is 0 Å². The van der Waals surface area contributed by atoms with Gasteiger partial charge in [-0.25, -0.2) is 10.2 Å². The van der Waals surface area contributed by atoms with Crippen LogP contribution in [0.3, 0.4) is 0 Å². The standard InChI is InChI=1S/C21H22ClN3O3/c1-28-20(14-21(26)24-27)18(13-15-7-9-16(22)10-8-15)19-11-12-23-25(19)17-5-3-2-4-6-17/h2-12,18,20,27H,13-14H2,1H3,(H,24,26)/t18-,20?/m1/s1. The van der Waals surface area contributed by atoms with Gasteiger partial charge in [-0.1, -0.05) is 41.9 Å². The van der Waals surface area contributed by atoms with Crippen molar-refractivity contribution in [3.05, 3.63) is 83.1 Å². The molecule has 0 saturated heterocycles. The molecular weight excluding hydrogens is 378 g/mol. The lowest BCUT2D eigenvalue weighted by Crippen LogP contribution is -2.32. The third-order valence-corrected chi connectivity index (χ3v) is 4.94. The number of ether oxygens (including phenoxy) is 1. The van der Waals surface area contributed by atoms with Gasteiger partial charge in [-0.15, -0.1) is 0 Å². The van der Waals surface area contributed by atoms with E-state index in [2.05, 4.69) is 5.10 Å². The minimum atomic E-state index is -0.501. The Balaban J connectivity index is 1.99.